The Morgan fingerprint density at radius 1 is 0.362 bits per heavy atom. The van der Waals surface area contributed by atoms with Gasteiger partial charge in [0, 0.05) is 64.0 Å². The molecule has 0 aliphatic rings. The van der Waals surface area contributed by atoms with Gasteiger partial charge in [0.05, 0.1) is 0 Å². The molecule has 8 aromatic carbocycles. The molecule has 58 heavy (non-hydrogen) atoms. The van der Waals surface area contributed by atoms with E-state index in [0.29, 0.717) is 0 Å². The largest absolute Gasteiger partial charge is 0.455 e. The molecule has 12 aromatic rings. The van der Waals surface area contributed by atoms with Crippen molar-refractivity contribution in [2.45, 2.75) is 41.5 Å². The first-order chi connectivity index (χ1) is 28.2. The Kier molecular flexibility index (Phi) is 7.10. The fourth-order valence-corrected chi connectivity index (χ4v) is 11.9. The van der Waals surface area contributed by atoms with Gasteiger partial charge in [0.25, 0.3) is 0 Å². The first-order valence-corrected chi connectivity index (χ1v) is 21.7. The second kappa shape index (κ2) is 12.2. The predicted molar refractivity (Wildman–Crippen MR) is 251 cm³/mol. The fraction of sp³-hybridized carbons (Fsp3) is 0.111. The van der Waals surface area contributed by atoms with Crippen molar-refractivity contribution in [3.63, 3.8) is 0 Å². The minimum absolute atomic E-state index is 0.910. The highest BCUT2D eigenvalue weighted by molar-refractivity contribution is 7.13. The van der Waals surface area contributed by atoms with E-state index in [2.05, 4.69) is 161 Å². The lowest BCUT2D eigenvalue weighted by Crippen LogP contribution is -1.96. The van der Waals surface area contributed by atoms with Crippen molar-refractivity contribution in [2.75, 3.05) is 0 Å². The van der Waals surface area contributed by atoms with Crippen LogP contribution in [0.25, 0.3) is 119 Å². The van der Waals surface area contributed by atoms with Crippen LogP contribution in [0.5, 0.6) is 0 Å². The lowest BCUT2D eigenvalue weighted by molar-refractivity contribution is 0.672. The number of fused-ring (bicyclic) bond motifs is 8. The summed E-state index contributed by atoms with van der Waals surface area (Å²) in [7, 11) is 0. The molecule has 12 rings (SSSR count). The van der Waals surface area contributed by atoms with E-state index >= 15 is 0 Å². The van der Waals surface area contributed by atoms with E-state index in [1.165, 1.54) is 109 Å². The lowest BCUT2D eigenvalue weighted by Gasteiger charge is -2.21. The van der Waals surface area contributed by atoms with Crippen LogP contribution in [-0.2, 0) is 0 Å². The standard InChI is InChI=1S/C54H38O2S2/c1-27-21-29(3)45(30(4)22-27)49-37-15-17-40-48-38(16-18-39(47(37)48)53-51(49)35-13-11-33(25-41(35)55-53)43-9-7-19-57-43)50(46-31(5)23-28(2)24-32(46)6)52-36-14-12-34(44-10-8-20-58-44)26-42(36)56-54(40)52/h7-26H,1-6H3. The van der Waals surface area contributed by atoms with Crippen molar-refractivity contribution >= 4 is 98.9 Å². The summed E-state index contributed by atoms with van der Waals surface area (Å²) in [4.78, 5) is 2.47. The summed E-state index contributed by atoms with van der Waals surface area (Å²) >= 11 is 3.52. The molecular weight excluding hydrogens is 745 g/mol. The van der Waals surface area contributed by atoms with E-state index in [1.807, 2.05) is 0 Å². The number of thiophene rings is 2. The molecule has 0 aliphatic heterocycles. The monoisotopic (exact) mass is 782 g/mol. The molecule has 2 nitrogen and oxygen atoms in total. The second-order valence-corrected chi connectivity index (χ2v) is 18.3. The Hall–Kier alpha value is -6.20. The molecule has 4 heterocycles. The fourth-order valence-electron chi connectivity index (χ4n) is 10.5. The minimum Gasteiger partial charge on any atom is -0.455 e. The Morgan fingerprint density at radius 3 is 1.12 bits per heavy atom. The molecule has 0 spiro atoms. The van der Waals surface area contributed by atoms with Crippen LogP contribution in [0.3, 0.4) is 0 Å². The van der Waals surface area contributed by atoms with E-state index in [4.69, 9.17) is 8.83 Å². The smallest absolute Gasteiger partial charge is 0.143 e. The van der Waals surface area contributed by atoms with E-state index in [-0.39, 0.29) is 0 Å². The van der Waals surface area contributed by atoms with Crippen molar-refractivity contribution in [2.24, 2.45) is 0 Å². The normalized spacial score (nSPS) is 12.3. The van der Waals surface area contributed by atoms with Crippen LogP contribution in [0.2, 0.25) is 0 Å². The topological polar surface area (TPSA) is 26.3 Å². The van der Waals surface area contributed by atoms with E-state index in [9.17, 15) is 0 Å². The number of hydrogen-bond donors (Lipinski definition) is 0. The Bertz CT molecular complexity index is 3380. The third-order valence-electron chi connectivity index (χ3n) is 12.5. The molecule has 0 aliphatic carbocycles. The Balaban J connectivity index is 1.30. The maximum atomic E-state index is 7.15. The zero-order valence-corrected chi connectivity index (χ0v) is 34.8. The van der Waals surface area contributed by atoms with Gasteiger partial charge in [0.15, 0.2) is 0 Å². The van der Waals surface area contributed by atoms with Crippen molar-refractivity contribution in [1.82, 2.24) is 0 Å². The molecular formula is C54H38O2S2. The summed E-state index contributed by atoms with van der Waals surface area (Å²) in [6, 6.07) is 40.8. The third-order valence-corrected chi connectivity index (χ3v) is 14.4. The summed E-state index contributed by atoms with van der Waals surface area (Å²) in [6.45, 7) is 13.4. The first-order valence-electron chi connectivity index (χ1n) is 20.0. The molecule has 0 atom stereocenters. The zero-order valence-electron chi connectivity index (χ0n) is 33.2. The molecule has 0 saturated heterocycles. The van der Waals surface area contributed by atoms with Crippen molar-refractivity contribution < 1.29 is 8.83 Å². The maximum absolute atomic E-state index is 7.15. The van der Waals surface area contributed by atoms with Gasteiger partial charge in [-0.1, -0.05) is 71.8 Å². The van der Waals surface area contributed by atoms with Crippen LogP contribution in [0, 0.1) is 41.5 Å². The molecule has 0 radical (unpaired) electrons. The molecule has 278 valence electrons. The maximum Gasteiger partial charge on any atom is 0.143 e. The van der Waals surface area contributed by atoms with E-state index in [0.717, 1.165) is 43.9 Å². The first kappa shape index (κ1) is 33.9. The van der Waals surface area contributed by atoms with Gasteiger partial charge in [-0.05, 0) is 156 Å². The SMILES string of the molecule is Cc1cc(C)c(-c2c3ccc4c5oc6cc(-c7cccs7)ccc6c5c(-c5c(C)cc(C)cc5C)c5ccc(c6oc7cc(-c8cccs8)ccc7c26)c3c54)c(C)c1. The molecule has 0 saturated carbocycles. The summed E-state index contributed by atoms with van der Waals surface area (Å²) in [6.07, 6.45) is 0. The zero-order chi connectivity index (χ0) is 39.1. The summed E-state index contributed by atoms with van der Waals surface area (Å²) in [5, 5.41) is 16.1. The molecule has 0 N–H and O–H groups in total. The molecule has 4 aromatic heterocycles. The van der Waals surface area contributed by atoms with Crippen molar-refractivity contribution in [3.05, 3.63) is 153 Å². The van der Waals surface area contributed by atoms with Crippen LogP contribution in [0.15, 0.2) is 129 Å². The second-order valence-electron chi connectivity index (χ2n) is 16.4. The van der Waals surface area contributed by atoms with Crippen LogP contribution in [0.1, 0.15) is 33.4 Å². The van der Waals surface area contributed by atoms with E-state index < -0.39 is 0 Å². The average Bonchev–Trinajstić information content (AvgIpc) is 4.03. The van der Waals surface area contributed by atoms with Crippen molar-refractivity contribution in [1.29, 1.82) is 0 Å². The highest BCUT2D eigenvalue weighted by Crippen LogP contribution is 2.54. The van der Waals surface area contributed by atoms with Gasteiger partial charge in [0.1, 0.15) is 22.3 Å². The van der Waals surface area contributed by atoms with Gasteiger partial charge in [0.2, 0.25) is 0 Å². The van der Waals surface area contributed by atoms with Crippen molar-refractivity contribution in [3.8, 4) is 43.1 Å². The van der Waals surface area contributed by atoms with Gasteiger partial charge >= 0.3 is 0 Å². The number of hydrogen-bond acceptors (Lipinski definition) is 4. The molecule has 4 heteroatoms. The van der Waals surface area contributed by atoms with Gasteiger partial charge in [-0.25, -0.2) is 0 Å². The van der Waals surface area contributed by atoms with Crippen LogP contribution in [-0.4, -0.2) is 0 Å². The van der Waals surface area contributed by atoms with Crippen LogP contribution in [0.4, 0.5) is 0 Å². The predicted octanol–water partition coefficient (Wildman–Crippen LogP) is 17.0. The number of benzene rings is 8. The summed E-state index contributed by atoms with van der Waals surface area (Å²) in [5.41, 5.74) is 18.7. The molecule has 0 amide bonds. The number of rotatable bonds is 4. The third kappa shape index (κ3) is 4.64. The van der Waals surface area contributed by atoms with Crippen LogP contribution >= 0.6 is 22.7 Å². The molecule has 0 fully saturated rings. The van der Waals surface area contributed by atoms with Crippen LogP contribution < -0.4 is 0 Å². The summed E-state index contributed by atoms with van der Waals surface area (Å²) in [5.74, 6) is 0. The molecule has 0 bridgehead atoms. The highest BCUT2D eigenvalue weighted by Gasteiger charge is 2.28. The Morgan fingerprint density at radius 2 is 0.741 bits per heavy atom. The molecule has 0 unspecified atom stereocenters. The van der Waals surface area contributed by atoms with Gasteiger partial charge in [-0.2, -0.15) is 0 Å². The lowest BCUT2D eigenvalue weighted by atomic mass is 9.81. The number of furan rings is 2. The Labute approximate surface area is 343 Å². The highest BCUT2D eigenvalue weighted by atomic mass is 32.1. The minimum atomic E-state index is 0.910. The van der Waals surface area contributed by atoms with Gasteiger partial charge in [-0.3, -0.25) is 0 Å². The van der Waals surface area contributed by atoms with Gasteiger partial charge in [-0.15, -0.1) is 22.7 Å². The quantitative estimate of drug-likeness (QED) is 0.166. The van der Waals surface area contributed by atoms with Gasteiger partial charge < -0.3 is 8.83 Å². The van der Waals surface area contributed by atoms with E-state index in [1.54, 1.807) is 22.7 Å². The summed E-state index contributed by atoms with van der Waals surface area (Å²) < 4.78 is 14.3. The number of aryl methyl sites for hydroxylation is 6. The average molecular weight is 783 g/mol.